The monoisotopic (exact) mass is 412 g/mol. The number of hydrogen-bond donors (Lipinski definition) is 1. The first kappa shape index (κ1) is 21.4. The van der Waals surface area contributed by atoms with E-state index in [1.54, 1.807) is 4.90 Å². The molecule has 2 saturated heterocycles. The zero-order valence-electron chi connectivity index (χ0n) is 16.5. The Hall–Kier alpha value is -2.29. The van der Waals surface area contributed by atoms with Crippen LogP contribution >= 0.6 is 0 Å². The van der Waals surface area contributed by atoms with Crippen molar-refractivity contribution >= 4 is 17.6 Å². The van der Waals surface area contributed by atoms with E-state index in [4.69, 9.17) is 0 Å². The van der Waals surface area contributed by atoms with Gasteiger partial charge in [-0.2, -0.15) is 13.2 Å². The van der Waals surface area contributed by atoms with Crippen molar-refractivity contribution in [3.63, 3.8) is 0 Å². The van der Waals surface area contributed by atoms with E-state index in [2.05, 4.69) is 12.2 Å². The van der Waals surface area contributed by atoms with E-state index in [0.29, 0.717) is 32.7 Å². The molecule has 0 radical (unpaired) electrons. The van der Waals surface area contributed by atoms with Crippen molar-refractivity contribution in [3.8, 4) is 0 Å². The molecule has 3 amide bonds. The van der Waals surface area contributed by atoms with Crippen molar-refractivity contribution in [1.82, 2.24) is 14.7 Å². The summed E-state index contributed by atoms with van der Waals surface area (Å²) in [7, 11) is 0. The molecule has 2 aliphatic heterocycles. The number of benzene rings is 1. The van der Waals surface area contributed by atoms with E-state index in [1.807, 2.05) is 9.80 Å². The molecule has 29 heavy (non-hydrogen) atoms. The summed E-state index contributed by atoms with van der Waals surface area (Å²) in [4.78, 5) is 30.5. The number of alkyl halides is 3. The number of amides is 3. The lowest BCUT2D eigenvalue weighted by atomic mass is 10.0. The third-order valence-corrected chi connectivity index (χ3v) is 5.58. The molecule has 1 atom stereocenters. The summed E-state index contributed by atoms with van der Waals surface area (Å²) in [6, 6.07) is 4.43. The van der Waals surface area contributed by atoms with Crippen molar-refractivity contribution in [3.05, 3.63) is 29.8 Å². The summed E-state index contributed by atoms with van der Waals surface area (Å²) in [5, 5.41) is 2.53. The Morgan fingerprint density at radius 2 is 1.83 bits per heavy atom. The maximum atomic E-state index is 12.8. The van der Waals surface area contributed by atoms with Gasteiger partial charge in [-0.15, -0.1) is 0 Å². The minimum atomic E-state index is -4.45. The number of carbonyl (C=O) groups excluding carboxylic acids is 2. The molecule has 3 rings (SSSR count). The molecule has 9 heteroatoms. The van der Waals surface area contributed by atoms with E-state index in [0.717, 1.165) is 37.9 Å². The van der Waals surface area contributed by atoms with Gasteiger partial charge in [-0.05, 0) is 44.4 Å². The van der Waals surface area contributed by atoms with Gasteiger partial charge in [0.15, 0.2) is 0 Å². The number of likely N-dealkylation sites (tertiary alicyclic amines) is 1. The predicted molar refractivity (Wildman–Crippen MR) is 104 cm³/mol. The van der Waals surface area contributed by atoms with Crippen LogP contribution in [0.4, 0.5) is 23.7 Å². The molecule has 0 bridgehead atoms. The van der Waals surface area contributed by atoms with Gasteiger partial charge in [0.1, 0.15) is 0 Å². The molecular formula is C20H27F3N4O2. The third kappa shape index (κ3) is 5.62. The van der Waals surface area contributed by atoms with Crippen LogP contribution in [-0.2, 0) is 11.0 Å². The lowest BCUT2D eigenvalue weighted by Crippen LogP contribution is -2.53. The summed E-state index contributed by atoms with van der Waals surface area (Å²) in [5.74, 6) is 0.124. The van der Waals surface area contributed by atoms with E-state index < -0.39 is 17.8 Å². The lowest BCUT2D eigenvalue weighted by Gasteiger charge is -2.38. The van der Waals surface area contributed by atoms with Crippen LogP contribution in [0, 0.1) is 0 Å². The Morgan fingerprint density at radius 1 is 1.10 bits per heavy atom. The van der Waals surface area contributed by atoms with Crippen molar-refractivity contribution < 1.29 is 22.8 Å². The third-order valence-electron chi connectivity index (χ3n) is 5.58. The average molecular weight is 412 g/mol. The quantitative estimate of drug-likeness (QED) is 0.829. The van der Waals surface area contributed by atoms with Gasteiger partial charge in [0.05, 0.1) is 12.1 Å². The highest BCUT2D eigenvalue weighted by molar-refractivity contribution is 5.89. The molecule has 0 aromatic heterocycles. The number of piperazine rings is 1. The van der Waals surface area contributed by atoms with Crippen molar-refractivity contribution in [2.24, 2.45) is 0 Å². The molecule has 2 aliphatic rings. The van der Waals surface area contributed by atoms with Gasteiger partial charge < -0.3 is 15.1 Å². The largest absolute Gasteiger partial charge is 0.416 e. The Labute approximate surface area is 168 Å². The van der Waals surface area contributed by atoms with Crippen LogP contribution in [0.2, 0.25) is 0 Å². The Kier molecular flexibility index (Phi) is 6.66. The summed E-state index contributed by atoms with van der Waals surface area (Å²) < 4.78 is 38.4. The highest BCUT2D eigenvalue weighted by Crippen LogP contribution is 2.30. The molecule has 2 fully saturated rings. The van der Waals surface area contributed by atoms with Crippen LogP contribution in [0.15, 0.2) is 24.3 Å². The van der Waals surface area contributed by atoms with Crippen LogP contribution in [0.25, 0.3) is 0 Å². The summed E-state index contributed by atoms with van der Waals surface area (Å²) in [6.07, 6.45) is -1.22. The molecule has 6 nitrogen and oxygen atoms in total. The van der Waals surface area contributed by atoms with Gasteiger partial charge in [0, 0.05) is 44.5 Å². The number of rotatable bonds is 3. The fourth-order valence-corrected chi connectivity index (χ4v) is 3.84. The second kappa shape index (κ2) is 9.02. The maximum absolute atomic E-state index is 12.8. The molecular weight excluding hydrogens is 385 g/mol. The van der Waals surface area contributed by atoms with Crippen LogP contribution < -0.4 is 5.32 Å². The second-order valence-corrected chi connectivity index (χ2v) is 7.70. The van der Waals surface area contributed by atoms with E-state index >= 15 is 0 Å². The predicted octanol–water partition coefficient (Wildman–Crippen LogP) is 3.26. The number of nitrogens with zero attached hydrogens (tertiary/aromatic N) is 3. The fourth-order valence-electron chi connectivity index (χ4n) is 3.84. The van der Waals surface area contributed by atoms with E-state index in [9.17, 15) is 22.8 Å². The first-order valence-electron chi connectivity index (χ1n) is 9.99. The summed E-state index contributed by atoms with van der Waals surface area (Å²) in [6.45, 7) is 5.19. The molecule has 1 N–H and O–H groups in total. The van der Waals surface area contributed by atoms with Crippen LogP contribution in [0.1, 0.15) is 31.7 Å². The van der Waals surface area contributed by atoms with Gasteiger partial charge in [-0.25, -0.2) is 4.79 Å². The van der Waals surface area contributed by atoms with Crippen molar-refractivity contribution in [2.75, 3.05) is 44.6 Å². The maximum Gasteiger partial charge on any atom is 0.416 e. The zero-order valence-corrected chi connectivity index (χ0v) is 16.5. The number of piperidine rings is 1. The molecule has 0 aliphatic carbocycles. The molecule has 0 spiro atoms. The van der Waals surface area contributed by atoms with Gasteiger partial charge in [-0.3, -0.25) is 9.69 Å². The van der Waals surface area contributed by atoms with Crippen LogP contribution in [-0.4, -0.2) is 71.9 Å². The van der Waals surface area contributed by atoms with Crippen molar-refractivity contribution in [1.29, 1.82) is 0 Å². The first-order chi connectivity index (χ1) is 13.7. The minimum absolute atomic E-state index is 0.113. The highest BCUT2D eigenvalue weighted by Gasteiger charge is 2.31. The van der Waals surface area contributed by atoms with Crippen molar-refractivity contribution in [2.45, 2.75) is 38.4 Å². The fraction of sp³-hybridized carbons (Fsp3) is 0.600. The molecule has 1 aromatic rings. The topological polar surface area (TPSA) is 55.9 Å². The van der Waals surface area contributed by atoms with Gasteiger partial charge in [-0.1, -0.05) is 6.07 Å². The standard InChI is InChI=1S/C20H27F3N4O2/c1-15-5-2-3-8-27(15)18(28)14-25-9-11-26(12-10-25)19(29)24-17-7-4-6-16(13-17)20(21,22)23/h4,6-7,13,15H,2-3,5,8-12,14H2,1H3,(H,24,29). The molecule has 1 aromatic carbocycles. The van der Waals surface area contributed by atoms with Crippen LogP contribution in [0.5, 0.6) is 0 Å². The minimum Gasteiger partial charge on any atom is -0.339 e. The Morgan fingerprint density at radius 3 is 2.48 bits per heavy atom. The van der Waals surface area contributed by atoms with Crippen LogP contribution in [0.3, 0.4) is 0 Å². The van der Waals surface area contributed by atoms with E-state index in [1.165, 1.54) is 12.1 Å². The summed E-state index contributed by atoms with van der Waals surface area (Å²) >= 11 is 0. The molecule has 0 saturated carbocycles. The number of halogens is 3. The smallest absolute Gasteiger partial charge is 0.339 e. The normalized spacial score (nSPS) is 21.2. The SMILES string of the molecule is CC1CCCCN1C(=O)CN1CCN(C(=O)Nc2cccc(C(F)(F)F)c2)CC1. The Balaban J connectivity index is 1.48. The number of urea groups is 1. The molecule has 2 heterocycles. The lowest BCUT2D eigenvalue weighted by molar-refractivity contribution is -0.137. The average Bonchev–Trinajstić information content (AvgIpc) is 2.68. The number of hydrogen-bond acceptors (Lipinski definition) is 3. The van der Waals surface area contributed by atoms with Gasteiger partial charge in [0.25, 0.3) is 0 Å². The van der Waals surface area contributed by atoms with E-state index in [-0.39, 0.29) is 17.6 Å². The number of nitrogens with one attached hydrogen (secondary N) is 1. The highest BCUT2D eigenvalue weighted by atomic mass is 19.4. The number of anilines is 1. The first-order valence-corrected chi connectivity index (χ1v) is 9.99. The second-order valence-electron chi connectivity index (χ2n) is 7.70. The Bertz CT molecular complexity index is 733. The number of carbonyl (C=O) groups is 2. The zero-order chi connectivity index (χ0) is 21.0. The van der Waals surface area contributed by atoms with Gasteiger partial charge in [0.2, 0.25) is 5.91 Å². The summed E-state index contributed by atoms with van der Waals surface area (Å²) in [5.41, 5.74) is -0.688. The molecule has 1 unspecified atom stereocenters. The van der Waals surface area contributed by atoms with Gasteiger partial charge >= 0.3 is 12.2 Å². The molecule has 160 valence electrons.